The highest BCUT2D eigenvalue weighted by molar-refractivity contribution is 6.63. The van der Waals surface area contributed by atoms with Gasteiger partial charge in [0.2, 0.25) is 5.24 Å². The molecule has 0 saturated heterocycles. The molecule has 1 N–H and O–H groups in total. The van der Waals surface area contributed by atoms with E-state index in [4.69, 9.17) is 23.2 Å². The average Bonchev–Trinajstić information content (AvgIpc) is 2.40. The molecule has 0 aliphatic heterocycles. The lowest BCUT2D eigenvalue weighted by Gasteiger charge is -2.04. The monoisotopic (exact) mass is 309 g/mol. The number of carbonyl (C=O) groups excluding carboxylic acids is 1. The Hall–Kier alpha value is -1.51. The maximum Gasteiger partial charge on any atom is 0.223 e. The fraction of sp³-hybridized carbons (Fsp3) is 0.188. The van der Waals surface area contributed by atoms with E-state index >= 15 is 0 Å². The summed E-state index contributed by atoms with van der Waals surface area (Å²) >= 11 is 10.3. The first-order chi connectivity index (χ1) is 9.58. The summed E-state index contributed by atoms with van der Waals surface area (Å²) in [6, 6.07) is 20.3. The zero-order chi connectivity index (χ0) is 14.8. The second kappa shape index (κ2) is 9.40. The lowest BCUT2D eigenvalue weighted by Crippen LogP contribution is -1.95. The van der Waals surface area contributed by atoms with E-state index in [1.807, 2.05) is 60.7 Å². The van der Waals surface area contributed by atoms with E-state index < -0.39 is 0 Å². The fourth-order valence-electron chi connectivity index (χ4n) is 1.43. The topological polar surface area (TPSA) is 29.1 Å². The zero-order valence-corrected chi connectivity index (χ0v) is 12.7. The highest BCUT2D eigenvalue weighted by Crippen LogP contribution is 2.14. The summed E-state index contributed by atoms with van der Waals surface area (Å²) in [4.78, 5) is 9.94. The van der Waals surface area contributed by atoms with E-state index in [0.717, 1.165) is 11.4 Å². The summed E-state index contributed by atoms with van der Waals surface area (Å²) in [5.41, 5.74) is 2.24. The van der Waals surface area contributed by atoms with Crippen LogP contribution in [0.4, 0.5) is 11.4 Å². The molecule has 2 aromatic carbocycles. The minimum absolute atomic E-state index is 0.134. The van der Waals surface area contributed by atoms with Crippen molar-refractivity contribution < 1.29 is 4.79 Å². The number of anilines is 2. The molecule has 0 aliphatic rings. The molecule has 2 aromatic rings. The molecule has 0 saturated carbocycles. The van der Waals surface area contributed by atoms with Crippen molar-refractivity contribution in [3.63, 3.8) is 0 Å². The Labute approximate surface area is 129 Å². The average molecular weight is 310 g/mol. The summed E-state index contributed by atoms with van der Waals surface area (Å²) in [7, 11) is 0. The van der Waals surface area contributed by atoms with Gasteiger partial charge in [-0.25, -0.2) is 0 Å². The number of rotatable bonds is 4. The number of nitrogens with one attached hydrogen (secondary N) is 1. The summed E-state index contributed by atoms with van der Waals surface area (Å²) < 4.78 is 0. The van der Waals surface area contributed by atoms with Gasteiger partial charge in [0.25, 0.3) is 0 Å². The second-order valence-corrected chi connectivity index (χ2v) is 5.36. The van der Waals surface area contributed by atoms with Crippen molar-refractivity contribution in [2.75, 3.05) is 5.32 Å². The summed E-state index contributed by atoms with van der Waals surface area (Å²) in [6.07, 6.45) is 0.253. The van der Waals surface area contributed by atoms with Crippen molar-refractivity contribution in [2.24, 2.45) is 0 Å². The Morgan fingerprint density at radius 3 is 1.65 bits per heavy atom. The minimum atomic E-state index is -0.373. The van der Waals surface area contributed by atoms with Gasteiger partial charge in [-0.15, -0.1) is 11.6 Å². The van der Waals surface area contributed by atoms with Crippen LogP contribution in [0.25, 0.3) is 0 Å². The van der Waals surface area contributed by atoms with Crippen molar-refractivity contribution in [1.82, 2.24) is 0 Å². The molecule has 1 unspecified atom stereocenters. The van der Waals surface area contributed by atoms with Crippen LogP contribution in [0.2, 0.25) is 0 Å². The second-order valence-electron chi connectivity index (χ2n) is 4.20. The van der Waals surface area contributed by atoms with Gasteiger partial charge < -0.3 is 5.32 Å². The third-order valence-electron chi connectivity index (χ3n) is 2.28. The first-order valence-corrected chi connectivity index (χ1v) is 7.09. The first-order valence-electron chi connectivity index (χ1n) is 6.27. The molecule has 0 spiro atoms. The molecule has 0 aliphatic carbocycles. The summed E-state index contributed by atoms with van der Waals surface area (Å²) in [5, 5.41) is 2.80. The van der Waals surface area contributed by atoms with Crippen molar-refractivity contribution in [1.29, 1.82) is 0 Å². The zero-order valence-electron chi connectivity index (χ0n) is 11.2. The van der Waals surface area contributed by atoms with E-state index in [1.54, 1.807) is 6.92 Å². The van der Waals surface area contributed by atoms with E-state index in [0.29, 0.717) is 0 Å². The molecule has 0 amide bonds. The van der Waals surface area contributed by atoms with Gasteiger partial charge in [-0.1, -0.05) is 36.4 Å². The van der Waals surface area contributed by atoms with Gasteiger partial charge in [-0.05, 0) is 42.8 Å². The molecular formula is C16H17Cl2NO. The predicted molar refractivity (Wildman–Crippen MR) is 87.0 cm³/mol. The number of para-hydroxylation sites is 2. The molecule has 1 atom stereocenters. The van der Waals surface area contributed by atoms with Gasteiger partial charge in [0.15, 0.2) is 0 Å². The van der Waals surface area contributed by atoms with Crippen LogP contribution in [0.1, 0.15) is 13.3 Å². The van der Waals surface area contributed by atoms with Gasteiger partial charge >= 0.3 is 0 Å². The molecule has 0 aromatic heterocycles. The molecule has 4 heteroatoms. The molecule has 0 bridgehead atoms. The molecule has 106 valence electrons. The fourth-order valence-corrected chi connectivity index (χ4v) is 1.88. The largest absolute Gasteiger partial charge is 0.356 e. The van der Waals surface area contributed by atoms with Crippen LogP contribution < -0.4 is 5.32 Å². The molecule has 20 heavy (non-hydrogen) atoms. The highest BCUT2D eigenvalue weighted by atomic mass is 35.5. The standard InChI is InChI=1S/C12H11N.C4H6Cl2O/c1-3-7-11(8-4-1)13-12-9-5-2-6-10-12;1-3(5)2-4(6)7/h1-10,13H;3H,2H2,1H3. The Kier molecular flexibility index (Phi) is 7.78. The van der Waals surface area contributed by atoms with Crippen LogP contribution in [0.5, 0.6) is 0 Å². The van der Waals surface area contributed by atoms with Crippen LogP contribution in [0.15, 0.2) is 60.7 Å². The Balaban J connectivity index is 0.000000246. The highest BCUT2D eigenvalue weighted by Gasteiger charge is 2.00. The van der Waals surface area contributed by atoms with E-state index in [9.17, 15) is 4.79 Å². The van der Waals surface area contributed by atoms with Crippen molar-refractivity contribution >= 4 is 39.8 Å². The van der Waals surface area contributed by atoms with Crippen LogP contribution in [0.3, 0.4) is 0 Å². The predicted octanol–water partition coefficient (Wildman–Crippen LogP) is 5.20. The van der Waals surface area contributed by atoms with Crippen molar-refractivity contribution in [3.8, 4) is 0 Å². The Morgan fingerprint density at radius 1 is 1.00 bits per heavy atom. The van der Waals surface area contributed by atoms with E-state index in [1.165, 1.54) is 0 Å². The molecule has 2 nitrogen and oxygen atoms in total. The lowest BCUT2D eigenvalue weighted by atomic mass is 10.3. The van der Waals surface area contributed by atoms with Crippen molar-refractivity contribution in [3.05, 3.63) is 60.7 Å². The number of benzene rings is 2. The number of alkyl halides is 1. The number of hydrogen-bond acceptors (Lipinski definition) is 2. The van der Waals surface area contributed by atoms with Crippen LogP contribution in [-0.2, 0) is 4.79 Å². The number of hydrogen-bond donors (Lipinski definition) is 1. The van der Waals surface area contributed by atoms with Gasteiger partial charge in [0, 0.05) is 23.2 Å². The Morgan fingerprint density at radius 2 is 1.40 bits per heavy atom. The summed E-state index contributed by atoms with van der Waals surface area (Å²) in [5.74, 6) is 0. The quantitative estimate of drug-likeness (QED) is 0.621. The number of halogens is 2. The first kappa shape index (κ1) is 16.5. The maximum atomic E-state index is 9.94. The number of carbonyl (C=O) groups is 1. The Bertz CT molecular complexity index is 463. The summed E-state index contributed by atoms with van der Waals surface area (Å²) in [6.45, 7) is 1.72. The molecule has 0 radical (unpaired) electrons. The van der Waals surface area contributed by atoms with Crippen LogP contribution in [0, 0.1) is 0 Å². The van der Waals surface area contributed by atoms with Crippen molar-refractivity contribution in [2.45, 2.75) is 18.7 Å². The lowest BCUT2D eigenvalue weighted by molar-refractivity contribution is -0.111. The SMILES string of the molecule is CC(Cl)CC(=O)Cl.c1ccc(Nc2ccccc2)cc1. The maximum absolute atomic E-state index is 9.94. The van der Waals surface area contributed by atoms with Gasteiger partial charge in [0.1, 0.15) is 0 Å². The third kappa shape index (κ3) is 7.82. The normalized spacial score (nSPS) is 10.9. The van der Waals surface area contributed by atoms with Gasteiger partial charge in [-0.3, -0.25) is 4.79 Å². The van der Waals surface area contributed by atoms with Gasteiger partial charge in [0.05, 0.1) is 0 Å². The molecule has 0 heterocycles. The smallest absolute Gasteiger partial charge is 0.223 e. The molecule has 2 rings (SSSR count). The minimum Gasteiger partial charge on any atom is -0.356 e. The van der Waals surface area contributed by atoms with Gasteiger partial charge in [-0.2, -0.15) is 0 Å². The molecule has 0 fully saturated rings. The van der Waals surface area contributed by atoms with E-state index in [2.05, 4.69) is 5.32 Å². The molecular weight excluding hydrogens is 293 g/mol. The van der Waals surface area contributed by atoms with Crippen LogP contribution in [-0.4, -0.2) is 10.6 Å². The van der Waals surface area contributed by atoms with Crippen LogP contribution >= 0.6 is 23.2 Å². The van der Waals surface area contributed by atoms with E-state index in [-0.39, 0.29) is 17.0 Å². The third-order valence-corrected chi connectivity index (χ3v) is 2.59.